The molecule has 0 aliphatic rings. The molecule has 0 aliphatic carbocycles. The van der Waals surface area contributed by atoms with Crippen LogP contribution >= 0.6 is 0 Å². The molecule has 0 radical (unpaired) electrons. The van der Waals surface area contributed by atoms with Gasteiger partial charge in [-0.1, -0.05) is 36.4 Å². The molecule has 0 atom stereocenters. The highest BCUT2D eigenvalue weighted by Gasteiger charge is 2.08. The zero-order chi connectivity index (χ0) is 18.4. The molecule has 0 heterocycles. The van der Waals surface area contributed by atoms with E-state index in [-0.39, 0.29) is 0 Å². The predicted molar refractivity (Wildman–Crippen MR) is 105 cm³/mol. The maximum absolute atomic E-state index is 11.4. The largest absolute Gasteiger partial charge is 0.471 e. The van der Waals surface area contributed by atoms with Crippen LogP contribution in [0.25, 0.3) is 11.1 Å². The number of nitrogens with two attached hydrogens (primary N) is 1. The summed E-state index contributed by atoms with van der Waals surface area (Å²) in [4.78, 5) is 15.4. The SMILES string of the molecule is C=Nc1cc(-c2cccc(C(N)=O)c2)ccc1OCNc1ccccc1. The number of aliphatic imine (C=N–C) groups is 1. The van der Waals surface area contributed by atoms with Crippen molar-refractivity contribution >= 4 is 24.0 Å². The summed E-state index contributed by atoms with van der Waals surface area (Å²) in [7, 11) is 0. The van der Waals surface area contributed by atoms with Gasteiger partial charge in [0, 0.05) is 11.3 Å². The van der Waals surface area contributed by atoms with Crippen LogP contribution in [0.1, 0.15) is 10.4 Å². The van der Waals surface area contributed by atoms with Crippen LogP contribution in [0.5, 0.6) is 5.75 Å². The molecule has 0 bridgehead atoms. The fourth-order valence-corrected chi connectivity index (χ4v) is 2.55. The number of benzene rings is 3. The van der Waals surface area contributed by atoms with Gasteiger partial charge < -0.3 is 15.8 Å². The van der Waals surface area contributed by atoms with Gasteiger partial charge in [-0.05, 0) is 54.2 Å². The Bertz CT molecular complexity index is 924. The van der Waals surface area contributed by atoms with E-state index >= 15 is 0 Å². The van der Waals surface area contributed by atoms with Crippen molar-refractivity contribution in [2.75, 3.05) is 12.0 Å². The number of anilines is 1. The van der Waals surface area contributed by atoms with E-state index in [9.17, 15) is 4.79 Å². The van der Waals surface area contributed by atoms with Crippen molar-refractivity contribution < 1.29 is 9.53 Å². The molecule has 0 saturated carbocycles. The molecule has 0 aromatic heterocycles. The molecule has 130 valence electrons. The van der Waals surface area contributed by atoms with Gasteiger partial charge in [-0.15, -0.1) is 0 Å². The van der Waals surface area contributed by atoms with Crippen LogP contribution in [0.4, 0.5) is 11.4 Å². The van der Waals surface area contributed by atoms with Crippen LogP contribution in [-0.4, -0.2) is 19.4 Å². The summed E-state index contributed by atoms with van der Waals surface area (Å²) in [5, 5.41) is 3.17. The number of ether oxygens (including phenoxy) is 1. The zero-order valence-electron chi connectivity index (χ0n) is 14.2. The second-order valence-corrected chi connectivity index (χ2v) is 5.62. The average Bonchev–Trinajstić information content (AvgIpc) is 2.69. The van der Waals surface area contributed by atoms with Crippen molar-refractivity contribution in [2.45, 2.75) is 0 Å². The van der Waals surface area contributed by atoms with Crippen LogP contribution in [0, 0.1) is 0 Å². The topological polar surface area (TPSA) is 76.7 Å². The first-order valence-electron chi connectivity index (χ1n) is 8.10. The van der Waals surface area contributed by atoms with Crippen LogP contribution in [-0.2, 0) is 0 Å². The second kappa shape index (κ2) is 7.98. The van der Waals surface area contributed by atoms with E-state index in [0.717, 1.165) is 16.8 Å². The summed E-state index contributed by atoms with van der Waals surface area (Å²) < 4.78 is 5.77. The molecule has 0 fully saturated rings. The highest BCUT2D eigenvalue weighted by molar-refractivity contribution is 5.94. The number of carbonyl (C=O) groups is 1. The van der Waals surface area contributed by atoms with E-state index in [1.54, 1.807) is 18.2 Å². The number of para-hydroxylation sites is 1. The molecule has 3 aromatic carbocycles. The van der Waals surface area contributed by atoms with Crippen molar-refractivity contribution in [3.05, 3.63) is 78.4 Å². The fourth-order valence-electron chi connectivity index (χ4n) is 2.55. The smallest absolute Gasteiger partial charge is 0.248 e. The number of nitrogens with zero attached hydrogens (tertiary/aromatic N) is 1. The van der Waals surface area contributed by atoms with Crippen molar-refractivity contribution in [2.24, 2.45) is 10.7 Å². The Hall–Kier alpha value is -3.60. The number of hydrogen-bond donors (Lipinski definition) is 2. The number of nitrogens with one attached hydrogen (secondary N) is 1. The lowest BCUT2D eigenvalue weighted by atomic mass is 10.0. The van der Waals surface area contributed by atoms with Gasteiger partial charge in [-0.25, -0.2) is 0 Å². The Morgan fingerprint density at radius 2 is 1.77 bits per heavy atom. The number of primary amides is 1. The first-order valence-corrected chi connectivity index (χ1v) is 8.10. The highest BCUT2D eigenvalue weighted by Crippen LogP contribution is 2.33. The van der Waals surface area contributed by atoms with Gasteiger partial charge in [0.15, 0.2) is 6.73 Å². The van der Waals surface area contributed by atoms with Gasteiger partial charge in [-0.3, -0.25) is 9.79 Å². The number of rotatable bonds is 7. The summed E-state index contributed by atoms with van der Waals surface area (Å²) in [6, 6.07) is 22.5. The van der Waals surface area contributed by atoms with Crippen molar-refractivity contribution in [1.29, 1.82) is 0 Å². The molecule has 0 spiro atoms. The molecule has 3 rings (SSSR count). The maximum atomic E-state index is 11.4. The van der Waals surface area contributed by atoms with Gasteiger partial charge in [0.25, 0.3) is 0 Å². The number of carbonyl (C=O) groups excluding carboxylic acids is 1. The van der Waals surface area contributed by atoms with Gasteiger partial charge in [0.2, 0.25) is 5.91 Å². The Labute approximate surface area is 152 Å². The standard InChI is InChI=1S/C21H19N3O2/c1-23-19-13-16(15-6-5-7-17(12-15)21(22)25)10-11-20(19)26-14-24-18-8-3-2-4-9-18/h2-13,24H,1,14H2,(H2,22,25). The maximum Gasteiger partial charge on any atom is 0.248 e. The summed E-state index contributed by atoms with van der Waals surface area (Å²) >= 11 is 0. The molecule has 0 unspecified atom stereocenters. The summed E-state index contributed by atoms with van der Waals surface area (Å²) in [6.45, 7) is 3.92. The minimum absolute atomic E-state index is 0.309. The van der Waals surface area contributed by atoms with E-state index in [1.807, 2.05) is 54.6 Å². The van der Waals surface area contributed by atoms with E-state index in [2.05, 4.69) is 17.0 Å². The number of hydrogen-bond acceptors (Lipinski definition) is 4. The monoisotopic (exact) mass is 345 g/mol. The molecular formula is C21H19N3O2. The lowest BCUT2D eigenvalue weighted by Crippen LogP contribution is -2.10. The zero-order valence-corrected chi connectivity index (χ0v) is 14.2. The van der Waals surface area contributed by atoms with Crippen LogP contribution in [0.3, 0.4) is 0 Å². The summed E-state index contributed by atoms with van der Waals surface area (Å²) in [5.41, 5.74) is 9.19. The lowest BCUT2D eigenvalue weighted by molar-refractivity contribution is 0.100. The molecule has 1 amide bonds. The van der Waals surface area contributed by atoms with Gasteiger partial charge in [0.1, 0.15) is 11.4 Å². The average molecular weight is 345 g/mol. The number of amides is 1. The lowest BCUT2D eigenvalue weighted by Gasteiger charge is -2.12. The molecule has 5 nitrogen and oxygen atoms in total. The van der Waals surface area contributed by atoms with Gasteiger partial charge in [-0.2, -0.15) is 0 Å². The fraction of sp³-hybridized carbons (Fsp3) is 0.0476. The normalized spacial score (nSPS) is 10.2. The van der Waals surface area contributed by atoms with E-state index < -0.39 is 5.91 Å². The van der Waals surface area contributed by atoms with Crippen molar-refractivity contribution in [1.82, 2.24) is 0 Å². The quantitative estimate of drug-likeness (QED) is 0.497. The third kappa shape index (κ3) is 4.08. The first-order chi connectivity index (χ1) is 12.7. The molecule has 5 heteroatoms. The highest BCUT2D eigenvalue weighted by atomic mass is 16.5. The molecule has 0 saturated heterocycles. The first kappa shape index (κ1) is 17.2. The van der Waals surface area contributed by atoms with Crippen LogP contribution in [0.2, 0.25) is 0 Å². The molecule has 26 heavy (non-hydrogen) atoms. The Balaban J connectivity index is 1.76. The Morgan fingerprint density at radius 1 is 1.00 bits per heavy atom. The molecule has 3 N–H and O–H groups in total. The van der Waals surface area contributed by atoms with Crippen LogP contribution in [0.15, 0.2) is 77.8 Å². The third-order valence-electron chi connectivity index (χ3n) is 3.89. The minimum atomic E-state index is -0.458. The van der Waals surface area contributed by atoms with Crippen molar-refractivity contribution in [3.63, 3.8) is 0 Å². The van der Waals surface area contributed by atoms with Crippen molar-refractivity contribution in [3.8, 4) is 16.9 Å². The minimum Gasteiger partial charge on any atom is -0.471 e. The molecule has 0 aliphatic heterocycles. The molecular weight excluding hydrogens is 326 g/mol. The predicted octanol–water partition coefficient (Wildman–Crippen LogP) is 4.23. The Kier molecular flexibility index (Phi) is 5.29. The third-order valence-corrected chi connectivity index (χ3v) is 3.89. The van der Waals surface area contributed by atoms with Gasteiger partial charge >= 0.3 is 0 Å². The van der Waals surface area contributed by atoms with Crippen LogP contribution < -0.4 is 15.8 Å². The Morgan fingerprint density at radius 3 is 2.50 bits per heavy atom. The molecule has 3 aromatic rings. The summed E-state index contributed by atoms with van der Waals surface area (Å²) in [5.74, 6) is 0.166. The van der Waals surface area contributed by atoms with E-state index in [0.29, 0.717) is 23.7 Å². The van der Waals surface area contributed by atoms with Gasteiger partial charge in [0.05, 0.1) is 0 Å². The van der Waals surface area contributed by atoms with E-state index in [1.165, 1.54) is 0 Å². The summed E-state index contributed by atoms with van der Waals surface area (Å²) in [6.07, 6.45) is 0. The second-order valence-electron chi connectivity index (χ2n) is 5.62. The van der Waals surface area contributed by atoms with E-state index in [4.69, 9.17) is 10.5 Å².